The van der Waals surface area contributed by atoms with Crippen molar-refractivity contribution >= 4 is 46.5 Å². The molecular formula is C40H54F2N10O10. The Labute approximate surface area is 357 Å². The Kier molecular flexibility index (Phi) is 17.2. The molecule has 0 unspecified atom stereocenters. The molecule has 3 amide bonds. The molecule has 3 fully saturated rings. The average Bonchev–Trinajstić information content (AvgIpc) is 3.55. The normalized spacial score (nSPS) is 20.2. The Bertz CT molecular complexity index is 1930. The number of fused-ring (bicyclic) bond motifs is 1. The monoisotopic (exact) mass is 872 g/mol. The fourth-order valence-corrected chi connectivity index (χ4v) is 7.74. The van der Waals surface area contributed by atoms with E-state index in [0.717, 1.165) is 11.4 Å². The molecule has 62 heavy (non-hydrogen) atoms. The van der Waals surface area contributed by atoms with Gasteiger partial charge in [-0.1, -0.05) is 0 Å². The first kappa shape index (κ1) is 47.4. The van der Waals surface area contributed by atoms with Gasteiger partial charge in [0.25, 0.3) is 11.8 Å². The number of hydrogen-bond donors (Lipinski definition) is 4. The summed E-state index contributed by atoms with van der Waals surface area (Å²) in [6.45, 7) is 3.90. The molecule has 1 aromatic heterocycles. The van der Waals surface area contributed by atoms with E-state index >= 15 is 0 Å². The predicted molar refractivity (Wildman–Crippen MR) is 217 cm³/mol. The van der Waals surface area contributed by atoms with Crippen molar-refractivity contribution in [3.63, 3.8) is 0 Å². The van der Waals surface area contributed by atoms with E-state index in [-0.39, 0.29) is 50.7 Å². The number of benzene rings is 1. The van der Waals surface area contributed by atoms with Gasteiger partial charge in [-0.15, -0.1) is 0 Å². The summed E-state index contributed by atoms with van der Waals surface area (Å²) in [6.07, 6.45) is 1.38. The molecule has 1 atom stereocenters. The smallest absolute Gasteiger partial charge is 0.317 e. The highest BCUT2D eigenvalue weighted by Crippen LogP contribution is 2.31. The number of piperazine rings is 1. The number of carbonyl (C=O) groups excluding carboxylic acids is 3. The lowest BCUT2D eigenvalue weighted by molar-refractivity contribution is -0.141. The van der Waals surface area contributed by atoms with Crippen LogP contribution in [0.15, 0.2) is 30.5 Å². The van der Waals surface area contributed by atoms with Crippen LogP contribution in [0.3, 0.4) is 0 Å². The second-order valence-electron chi connectivity index (χ2n) is 15.7. The molecule has 22 heteroatoms. The zero-order chi connectivity index (χ0) is 44.8. The maximum Gasteiger partial charge on any atom is 0.317 e. The number of ether oxygens (including phenoxy) is 1. The van der Waals surface area contributed by atoms with Crippen molar-refractivity contribution in [1.29, 1.82) is 5.26 Å². The number of hydrogen-bond acceptors (Lipinski definition) is 14. The first-order chi connectivity index (χ1) is 29.6. The number of alkyl halides is 2. The van der Waals surface area contributed by atoms with Crippen LogP contribution in [0.1, 0.15) is 23.2 Å². The van der Waals surface area contributed by atoms with Gasteiger partial charge in [0.2, 0.25) is 11.8 Å². The summed E-state index contributed by atoms with van der Waals surface area (Å²) in [6, 6.07) is 6.99. The van der Waals surface area contributed by atoms with Gasteiger partial charge in [0.05, 0.1) is 63.0 Å². The first-order valence-electron chi connectivity index (χ1n) is 20.5. The SMILES string of the molecule is N#C[C@@H]1CC(F)(F)CN1C(=O)CNC(=O)c1ccnc2cc(OCCCN3CCN(C(=O)CN4CCN(CC(=O)O)CCN(CC(=O)O)CCN(CC(=O)O)CC4)CC3)ccc12. The third-order valence-electron chi connectivity index (χ3n) is 11.1. The van der Waals surface area contributed by atoms with Crippen LogP contribution in [0.2, 0.25) is 0 Å². The molecule has 3 aliphatic rings. The van der Waals surface area contributed by atoms with Crippen molar-refractivity contribution in [2.75, 3.05) is 131 Å². The standard InChI is InChI=1S/C40H54F2N10O10/c41-40(42)21-29(22-43)52(28-40)34(53)23-45-39(61)32-4-5-44-33-20-30(2-3-31(32)33)62-19-1-6-46-15-17-51(18-16-46)35(54)24-47-7-9-48(25-36(55)56)11-13-50(27-38(59)60)14-12-49(10-8-47)26-37(57)58/h2-5,20,29H,1,6-19,21,23-28H2,(H,45,61)(H,55,56)(H,57,58)(H,59,60)/t29-/m0/s1. The number of rotatable bonds is 16. The van der Waals surface area contributed by atoms with E-state index in [1.807, 2.05) is 4.90 Å². The molecule has 3 aliphatic heterocycles. The van der Waals surface area contributed by atoms with Crippen LogP contribution in [0.25, 0.3) is 10.9 Å². The second kappa shape index (κ2) is 22.5. The topological polar surface area (TPSA) is 244 Å². The van der Waals surface area contributed by atoms with Gasteiger partial charge in [-0.2, -0.15) is 5.26 Å². The molecule has 5 rings (SSSR count). The van der Waals surface area contributed by atoms with Crippen LogP contribution < -0.4 is 10.1 Å². The minimum absolute atomic E-state index is 0.0792. The molecule has 338 valence electrons. The van der Waals surface area contributed by atoms with Crippen molar-refractivity contribution in [3.8, 4) is 11.8 Å². The van der Waals surface area contributed by atoms with Crippen LogP contribution in [-0.2, 0) is 24.0 Å². The number of amides is 3. The number of pyridine rings is 1. The van der Waals surface area contributed by atoms with Gasteiger partial charge < -0.3 is 35.2 Å². The highest BCUT2D eigenvalue weighted by atomic mass is 19.3. The third kappa shape index (κ3) is 14.5. The molecule has 4 N–H and O–H groups in total. The highest BCUT2D eigenvalue weighted by molar-refractivity contribution is 6.07. The molecular weight excluding hydrogens is 818 g/mol. The van der Waals surface area contributed by atoms with Crippen LogP contribution in [-0.4, -0.2) is 233 Å². The number of aromatic nitrogens is 1. The summed E-state index contributed by atoms with van der Waals surface area (Å²) in [5.74, 6) is -7.15. The summed E-state index contributed by atoms with van der Waals surface area (Å²) in [7, 11) is 0. The van der Waals surface area contributed by atoms with E-state index in [1.54, 1.807) is 43.9 Å². The number of aliphatic carboxylic acids is 3. The van der Waals surface area contributed by atoms with E-state index in [9.17, 15) is 58.1 Å². The average molecular weight is 873 g/mol. The van der Waals surface area contributed by atoms with E-state index < -0.39 is 61.2 Å². The number of halogens is 2. The fraction of sp³-hybridized carbons (Fsp3) is 0.600. The molecule has 2 aromatic rings. The van der Waals surface area contributed by atoms with Gasteiger partial charge in [-0.3, -0.25) is 58.3 Å². The van der Waals surface area contributed by atoms with Gasteiger partial charge >= 0.3 is 17.9 Å². The summed E-state index contributed by atoms with van der Waals surface area (Å²) in [4.78, 5) is 89.9. The Morgan fingerprint density at radius 2 is 1.29 bits per heavy atom. The van der Waals surface area contributed by atoms with Crippen molar-refractivity contribution in [1.82, 2.24) is 44.6 Å². The van der Waals surface area contributed by atoms with Crippen molar-refractivity contribution < 1.29 is 57.6 Å². The quantitative estimate of drug-likeness (QED) is 0.150. The molecule has 0 radical (unpaired) electrons. The number of carbonyl (C=O) groups is 6. The fourth-order valence-electron chi connectivity index (χ4n) is 7.74. The third-order valence-corrected chi connectivity index (χ3v) is 11.1. The zero-order valence-corrected chi connectivity index (χ0v) is 34.5. The van der Waals surface area contributed by atoms with Crippen molar-refractivity contribution in [2.24, 2.45) is 0 Å². The number of carboxylic acid groups (broad SMARTS) is 3. The Balaban J connectivity index is 1.06. The number of nitrogens with one attached hydrogen (secondary N) is 1. The summed E-state index contributed by atoms with van der Waals surface area (Å²) < 4.78 is 33.5. The maximum atomic E-state index is 13.8. The molecule has 0 bridgehead atoms. The number of nitrogens with zero attached hydrogens (tertiary/aromatic N) is 9. The van der Waals surface area contributed by atoms with E-state index in [1.165, 1.54) is 12.3 Å². The lowest BCUT2D eigenvalue weighted by atomic mass is 10.1. The van der Waals surface area contributed by atoms with Crippen LogP contribution in [0, 0.1) is 11.3 Å². The number of carboxylic acids is 3. The summed E-state index contributed by atoms with van der Waals surface area (Å²) in [5.41, 5.74) is 0.699. The number of likely N-dealkylation sites (tertiary alicyclic amines) is 1. The predicted octanol–water partition coefficient (Wildman–Crippen LogP) is -0.887. The second-order valence-corrected chi connectivity index (χ2v) is 15.7. The van der Waals surface area contributed by atoms with Crippen molar-refractivity contribution in [3.05, 3.63) is 36.0 Å². The van der Waals surface area contributed by atoms with Crippen LogP contribution in [0.5, 0.6) is 5.75 Å². The lowest BCUT2D eigenvalue weighted by Gasteiger charge is -2.37. The Morgan fingerprint density at radius 3 is 1.82 bits per heavy atom. The largest absolute Gasteiger partial charge is 0.493 e. The molecule has 20 nitrogen and oxygen atoms in total. The minimum Gasteiger partial charge on any atom is -0.493 e. The molecule has 3 saturated heterocycles. The van der Waals surface area contributed by atoms with Gasteiger partial charge in [-0.25, -0.2) is 8.78 Å². The van der Waals surface area contributed by atoms with E-state index in [0.29, 0.717) is 95.1 Å². The molecule has 0 aliphatic carbocycles. The van der Waals surface area contributed by atoms with Gasteiger partial charge in [-0.05, 0) is 24.6 Å². The zero-order valence-electron chi connectivity index (χ0n) is 34.5. The van der Waals surface area contributed by atoms with E-state index in [2.05, 4.69) is 15.2 Å². The minimum atomic E-state index is -3.16. The molecule has 0 saturated carbocycles. The Hall–Kier alpha value is -5.60. The lowest BCUT2D eigenvalue weighted by Crippen LogP contribution is -2.53. The summed E-state index contributed by atoms with van der Waals surface area (Å²) >= 11 is 0. The van der Waals surface area contributed by atoms with Crippen molar-refractivity contribution in [2.45, 2.75) is 24.8 Å². The van der Waals surface area contributed by atoms with Gasteiger partial charge in [0.15, 0.2) is 0 Å². The molecule has 4 heterocycles. The number of nitriles is 1. The maximum absolute atomic E-state index is 13.8. The molecule has 1 aromatic carbocycles. The highest BCUT2D eigenvalue weighted by Gasteiger charge is 2.47. The van der Waals surface area contributed by atoms with Gasteiger partial charge in [0.1, 0.15) is 11.8 Å². The molecule has 0 spiro atoms. The Morgan fingerprint density at radius 1 is 0.758 bits per heavy atom. The van der Waals surface area contributed by atoms with E-state index in [4.69, 9.17) is 4.74 Å². The van der Waals surface area contributed by atoms with Crippen LogP contribution in [0.4, 0.5) is 8.78 Å². The van der Waals surface area contributed by atoms with Crippen LogP contribution >= 0.6 is 0 Å². The first-order valence-corrected chi connectivity index (χ1v) is 20.5. The summed E-state index contributed by atoms with van der Waals surface area (Å²) in [5, 5.41) is 40.5. The van der Waals surface area contributed by atoms with Gasteiger partial charge in [0, 0.05) is 109 Å².